The van der Waals surface area contributed by atoms with Crippen molar-refractivity contribution in [3.05, 3.63) is 53.1 Å². The van der Waals surface area contributed by atoms with E-state index in [1.54, 1.807) is 0 Å². The summed E-state index contributed by atoms with van der Waals surface area (Å²) in [7, 11) is 2.03. The molecule has 3 aromatic rings. The minimum absolute atomic E-state index is 0.0237. The second-order valence-corrected chi connectivity index (χ2v) is 7.89. The standard InChI is InChI=1S/C21H24ClN5O2/c1-24-16-3-5-17(6-4-16)27-11-15(10-25-27)13-2-7-18(22)14(8-13)9-20(28)19-12-29-21(23)26-19/h2,7-8,10-12,16-17,24H,3-6,9H2,1H3,(H2,23,26). The van der Waals surface area contributed by atoms with Crippen LogP contribution in [-0.4, -0.2) is 33.6 Å². The van der Waals surface area contributed by atoms with Crippen molar-refractivity contribution in [2.24, 2.45) is 0 Å². The first-order valence-corrected chi connectivity index (χ1v) is 10.2. The minimum Gasteiger partial charge on any atom is -0.432 e. The average molecular weight is 414 g/mol. The number of nitrogen functional groups attached to an aromatic ring is 1. The topological polar surface area (TPSA) is 99.0 Å². The number of rotatable bonds is 6. The molecular weight excluding hydrogens is 390 g/mol. The Morgan fingerprint density at radius 1 is 1.31 bits per heavy atom. The molecule has 8 heteroatoms. The number of hydrogen-bond donors (Lipinski definition) is 2. The molecule has 152 valence electrons. The largest absolute Gasteiger partial charge is 0.432 e. The number of ketones is 1. The second-order valence-electron chi connectivity index (χ2n) is 7.48. The summed E-state index contributed by atoms with van der Waals surface area (Å²) < 4.78 is 6.99. The molecule has 4 rings (SSSR count). The summed E-state index contributed by atoms with van der Waals surface area (Å²) in [5.41, 5.74) is 8.38. The average Bonchev–Trinajstić information content (AvgIpc) is 3.39. The van der Waals surface area contributed by atoms with E-state index >= 15 is 0 Å². The van der Waals surface area contributed by atoms with E-state index in [2.05, 4.69) is 26.3 Å². The van der Waals surface area contributed by atoms with Gasteiger partial charge in [0.25, 0.3) is 6.01 Å². The van der Waals surface area contributed by atoms with E-state index in [4.69, 9.17) is 21.8 Å². The lowest BCUT2D eigenvalue weighted by Gasteiger charge is -2.28. The van der Waals surface area contributed by atoms with Crippen molar-refractivity contribution >= 4 is 23.4 Å². The van der Waals surface area contributed by atoms with Gasteiger partial charge in [0.15, 0.2) is 5.78 Å². The Hall–Kier alpha value is -2.64. The zero-order valence-corrected chi connectivity index (χ0v) is 17.0. The maximum atomic E-state index is 12.4. The SMILES string of the molecule is CNC1CCC(n2cc(-c3ccc(Cl)c(CC(=O)c4coc(N)n4)c3)cn2)CC1. The summed E-state index contributed by atoms with van der Waals surface area (Å²) in [4.78, 5) is 16.3. The number of Topliss-reactive ketones (excluding diaryl/α,β-unsaturated/α-hetero) is 1. The van der Waals surface area contributed by atoms with Crippen LogP contribution < -0.4 is 11.1 Å². The maximum absolute atomic E-state index is 12.4. The minimum atomic E-state index is -0.193. The smallest absolute Gasteiger partial charge is 0.292 e. The molecule has 1 aromatic carbocycles. The zero-order chi connectivity index (χ0) is 20.4. The van der Waals surface area contributed by atoms with E-state index in [9.17, 15) is 4.79 Å². The van der Waals surface area contributed by atoms with Gasteiger partial charge in [-0.1, -0.05) is 17.7 Å². The van der Waals surface area contributed by atoms with E-state index in [0.717, 1.165) is 42.4 Å². The van der Waals surface area contributed by atoms with Crippen LogP contribution in [0.5, 0.6) is 0 Å². The highest BCUT2D eigenvalue weighted by atomic mass is 35.5. The number of nitrogens with two attached hydrogens (primary N) is 1. The quantitative estimate of drug-likeness (QED) is 0.594. The number of aromatic nitrogens is 3. The van der Waals surface area contributed by atoms with E-state index in [-0.39, 0.29) is 23.9 Å². The van der Waals surface area contributed by atoms with E-state index in [1.807, 2.05) is 31.4 Å². The lowest BCUT2D eigenvalue weighted by molar-refractivity contribution is 0.0988. The number of carbonyl (C=O) groups is 1. The molecule has 1 aliphatic rings. The van der Waals surface area contributed by atoms with Gasteiger partial charge in [0.1, 0.15) is 12.0 Å². The summed E-state index contributed by atoms with van der Waals surface area (Å²) in [6.07, 6.45) is 9.91. The monoisotopic (exact) mass is 413 g/mol. The Bertz CT molecular complexity index is 1000. The fraction of sp³-hybridized carbons (Fsp3) is 0.381. The highest BCUT2D eigenvalue weighted by Crippen LogP contribution is 2.31. The van der Waals surface area contributed by atoms with Crippen molar-refractivity contribution in [1.29, 1.82) is 0 Å². The highest BCUT2D eigenvalue weighted by molar-refractivity contribution is 6.31. The molecule has 0 amide bonds. The lowest BCUT2D eigenvalue weighted by Crippen LogP contribution is -2.31. The molecule has 29 heavy (non-hydrogen) atoms. The number of carbonyl (C=O) groups excluding carboxylic acids is 1. The Morgan fingerprint density at radius 3 is 2.79 bits per heavy atom. The first-order valence-electron chi connectivity index (χ1n) is 9.78. The highest BCUT2D eigenvalue weighted by Gasteiger charge is 2.22. The van der Waals surface area contributed by atoms with Crippen LogP contribution in [0.3, 0.4) is 0 Å². The molecule has 0 aliphatic heterocycles. The van der Waals surface area contributed by atoms with Crippen LogP contribution in [0.4, 0.5) is 6.01 Å². The molecule has 0 atom stereocenters. The molecule has 3 N–H and O–H groups in total. The summed E-state index contributed by atoms with van der Waals surface area (Å²) >= 11 is 6.33. The number of anilines is 1. The van der Waals surface area contributed by atoms with Crippen molar-refractivity contribution in [2.45, 2.75) is 44.2 Å². The molecule has 2 heterocycles. The number of oxazole rings is 1. The van der Waals surface area contributed by atoms with Gasteiger partial charge in [0.2, 0.25) is 0 Å². The number of benzene rings is 1. The molecule has 1 fully saturated rings. The molecule has 7 nitrogen and oxygen atoms in total. The van der Waals surface area contributed by atoms with Crippen molar-refractivity contribution in [3.8, 4) is 11.1 Å². The number of halogens is 1. The summed E-state index contributed by atoms with van der Waals surface area (Å²) in [5.74, 6) is -0.193. The van der Waals surface area contributed by atoms with Gasteiger partial charge >= 0.3 is 0 Å². The van der Waals surface area contributed by atoms with Gasteiger partial charge in [0, 0.05) is 29.2 Å². The van der Waals surface area contributed by atoms with Crippen molar-refractivity contribution in [1.82, 2.24) is 20.1 Å². The van der Waals surface area contributed by atoms with Crippen LogP contribution >= 0.6 is 11.6 Å². The third-order valence-corrected chi connectivity index (χ3v) is 5.99. The van der Waals surface area contributed by atoms with Gasteiger partial charge < -0.3 is 15.5 Å². The molecule has 1 saturated carbocycles. The van der Waals surface area contributed by atoms with Crippen molar-refractivity contribution in [2.75, 3.05) is 12.8 Å². The predicted octanol–water partition coefficient (Wildman–Crippen LogP) is 3.90. The molecule has 0 unspecified atom stereocenters. The summed E-state index contributed by atoms with van der Waals surface area (Å²) in [5, 5.41) is 8.49. The van der Waals surface area contributed by atoms with Gasteiger partial charge in [-0.25, -0.2) is 0 Å². The molecule has 0 saturated heterocycles. The van der Waals surface area contributed by atoms with Gasteiger partial charge in [-0.3, -0.25) is 9.48 Å². The molecule has 0 spiro atoms. The van der Waals surface area contributed by atoms with Crippen LogP contribution in [0.2, 0.25) is 5.02 Å². The van der Waals surface area contributed by atoms with E-state index in [0.29, 0.717) is 17.1 Å². The molecular formula is C21H24ClN5O2. The fourth-order valence-electron chi connectivity index (χ4n) is 3.88. The number of nitrogens with one attached hydrogen (secondary N) is 1. The predicted molar refractivity (Wildman–Crippen MR) is 112 cm³/mol. The van der Waals surface area contributed by atoms with Gasteiger partial charge in [-0.15, -0.1) is 0 Å². The second kappa shape index (κ2) is 8.39. The van der Waals surface area contributed by atoms with Gasteiger partial charge in [0.05, 0.1) is 12.2 Å². The molecule has 0 radical (unpaired) electrons. The van der Waals surface area contributed by atoms with Gasteiger partial charge in [-0.05, 0) is 56.0 Å². The maximum Gasteiger partial charge on any atom is 0.292 e. The number of hydrogen-bond acceptors (Lipinski definition) is 6. The third-order valence-electron chi connectivity index (χ3n) is 5.62. The summed E-state index contributed by atoms with van der Waals surface area (Å²) in [6.45, 7) is 0. The Labute approximate surface area is 174 Å². The van der Waals surface area contributed by atoms with Gasteiger partial charge in [-0.2, -0.15) is 10.1 Å². The lowest BCUT2D eigenvalue weighted by atomic mass is 9.91. The first-order chi connectivity index (χ1) is 14.0. The molecule has 2 aromatic heterocycles. The van der Waals surface area contributed by atoms with Crippen LogP contribution in [0.1, 0.15) is 47.8 Å². The fourth-order valence-corrected chi connectivity index (χ4v) is 4.07. The van der Waals surface area contributed by atoms with E-state index < -0.39 is 0 Å². The van der Waals surface area contributed by atoms with Crippen LogP contribution in [0, 0.1) is 0 Å². The molecule has 1 aliphatic carbocycles. The van der Waals surface area contributed by atoms with E-state index in [1.165, 1.54) is 6.26 Å². The van der Waals surface area contributed by atoms with Crippen LogP contribution in [-0.2, 0) is 6.42 Å². The van der Waals surface area contributed by atoms with Crippen molar-refractivity contribution < 1.29 is 9.21 Å². The first kappa shape index (κ1) is 19.7. The molecule has 0 bridgehead atoms. The van der Waals surface area contributed by atoms with Crippen LogP contribution in [0.15, 0.2) is 41.3 Å². The zero-order valence-electron chi connectivity index (χ0n) is 16.3. The number of nitrogens with zero attached hydrogens (tertiary/aromatic N) is 3. The van der Waals surface area contributed by atoms with Crippen molar-refractivity contribution in [3.63, 3.8) is 0 Å². The Morgan fingerprint density at radius 2 is 2.10 bits per heavy atom. The third kappa shape index (κ3) is 4.36. The Kier molecular flexibility index (Phi) is 5.69. The summed E-state index contributed by atoms with van der Waals surface area (Å²) in [6, 6.07) is 6.71. The van der Waals surface area contributed by atoms with Crippen LogP contribution in [0.25, 0.3) is 11.1 Å². The normalized spacial score (nSPS) is 19.4. The Balaban J connectivity index is 1.50.